The van der Waals surface area contributed by atoms with Gasteiger partial charge in [-0.25, -0.2) is 0 Å². The first-order chi connectivity index (χ1) is 9.58. The highest BCUT2D eigenvalue weighted by atomic mass is 35.5. The van der Waals surface area contributed by atoms with Crippen LogP contribution in [0.1, 0.15) is 12.0 Å². The zero-order valence-corrected chi connectivity index (χ0v) is 12.2. The highest BCUT2D eigenvalue weighted by molar-refractivity contribution is 6.42. The zero-order valence-electron chi connectivity index (χ0n) is 10.7. The first-order valence-electron chi connectivity index (χ1n) is 6.42. The van der Waals surface area contributed by atoms with Gasteiger partial charge < -0.3 is 10.4 Å². The van der Waals surface area contributed by atoms with Gasteiger partial charge in [0.05, 0.1) is 12.3 Å². The molecule has 0 spiro atoms. The molecule has 20 heavy (non-hydrogen) atoms. The summed E-state index contributed by atoms with van der Waals surface area (Å²) in [5.41, 5.74) is 2.37. The molecular weight excluding hydrogens is 295 g/mol. The zero-order chi connectivity index (χ0) is 14.2. The Morgan fingerprint density at radius 2 is 2.20 bits per heavy atom. The number of aliphatic hydroxyl groups is 1. The minimum atomic E-state index is -0.828. The van der Waals surface area contributed by atoms with Crippen LogP contribution in [0.4, 0.5) is 5.69 Å². The molecule has 2 unspecified atom stereocenters. The second-order valence-electron chi connectivity index (χ2n) is 4.88. The molecule has 0 fully saturated rings. The maximum Gasteiger partial charge on any atom is 0.162 e. The van der Waals surface area contributed by atoms with Gasteiger partial charge in [-0.1, -0.05) is 35.9 Å². The van der Waals surface area contributed by atoms with Gasteiger partial charge >= 0.3 is 0 Å². The van der Waals surface area contributed by atoms with E-state index in [9.17, 15) is 5.11 Å². The summed E-state index contributed by atoms with van der Waals surface area (Å²) in [5, 5.41) is 13.7. The fraction of sp³-hybridized carbons (Fsp3) is 0.267. The molecule has 0 bridgehead atoms. The Morgan fingerprint density at radius 3 is 2.95 bits per heavy atom. The summed E-state index contributed by atoms with van der Waals surface area (Å²) in [4.78, 5) is 3.64. The van der Waals surface area contributed by atoms with Gasteiger partial charge in [-0.3, -0.25) is 4.99 Å². The lowest BCUT2D eigenvalue weighted by molar-refractivity contribution is 0.198. The fourth-order valence-electron chi connectivity index (χ4n) is 2.43. The van der Waals surface area contributed by atoms with Crippen molar-refractivity contribution in [2.24, 2.45) is 4.99 Å². The molecule has 1 aliphatic heterocycles. The number of aliphatic imine (C=N–C) groups is 1. The van der Waals surface area contributed by atoms with E-state index in [1.54, 1.807) is 6.07 Å². The van der Waals surface area contributed by atoms with Crippen molar-refractivity contribution in [2.45, 2.75) is 17.5 Å². The number of allylic oxidation sites excluding steroid dienone is 4. The third-order valence-corrected chi connectivity index (χ3v) is 4.10. The monoisotopic (exact) mass is 308 g/mol. The van der Waals surface area contributed by atoms with E-state index in [0.717, 1.165) is 11.3 Å². The molecule has 2 N–H and O–H groups in total. The number of hydrogen-bond donors (Lipinski definition) is 2. The summed E-state index contributed by atoms with van der Waals surface area (Å²) >= 11 is 12.8. The number of nitrogens with zero attached hydrogens (tertiary/aromatic N) is 1. The third kappa shape index (κ3) is 2.49. The minimum Gasteiger partial charge on any atom is -0.380 e. The van der Waals surface area contributed by atoms with Gasteiger partial charge in [-0.05, 0) is 24.6 Å². The average molecular weight is 309 g/mol. The van der Waals surface area contributed by atoms with Crippen LogP contribution < -0.4 is 5.32 Å². The van der Waals surface area contributed by atoms with Crippen molar-refractivity contribution in [1.29, 1.82) is 0 Å². The summed E-state index contributed by atoms with van der Waals surface area (Å²) in [6, 6.07) is 5.52. The number of anilines is 1. The van der Waals surface area contributed by atoms with Crippen LogP contribution in [0.25, 0.3) is 0 Å². The maximum absolute atomic E-state index is 9.96. The number of alkyl halides is 1. The number of rotatable bonds is 1. The van der Waals surface area contributed by atoms with E-state index in [0.29, 0.717) is 23.7 Å². The molecule has 0 radical (unpaired) electrons. The van der Waals surface area contributed by atoms with Gasteiger partial charge in [0.1, 0.15) is 4.87 Å². The summed E-state index contributed by atoms with van der Waals surface area (Å²) in [6.07, 6.45) is 7.54. The molecule has 1 aromatic carbocycles. The molecule has 2 atom stereocenters. The van der Waals surface area contributed by atoms with Gasteiger partial charge in [-0.15, -0.1) is 11.6 Å². The summed E-state index contributed by atoms with van der Waals surface area (Å²) < 4.78 is 0. The molecule has 5 heteroatoms. The molecule has 0 aromatic heterocycles. The Bertz CT molecular complexity index is 624. The molecule has 3 nitrogen and oxygen atoms in total. The van der Waals surface area contributed by atoms with Crippen molar-refractivity contribution >= 4 is 34.6 Å². The van der Waals surface area contributed by atoms with Crippen molar-refractivity contribution in [2.75, 3.05) is 11.9 Å². The Kier molecular flexibility index (Phi) is 3.59. The predicted octanol–water partition coefficient (Wildman–Crippen LogP) is 3.37. The predicted molar refractivity (Wildman–Crippen MR) is 84.0 cm³/mol. The highest BCUT2D eigenvalue weighted by Gasteiger charge is 2.34. The van der Waals surface area contributed by atoms with Gasteiger partial charge in [0, 0.05) is 16.3 Å². The molecule has 1 aliphatic carbocycles. The summed E-state index contributed by atoms with van der Waals surface area (Å²) in [5.74, 6) is 0. The second kappa shape index (κ2) is 5.24. The van der Waals surface area contributed by atoms with Crippen LogP contribution in [0, 0.1) is 0 Å². The molecule has 0 saturated carbocycles. The Labute approximate surface area is 127 Å². The van der Waals surface area contributed by atoms with Crippen LogP contribution in [0.3, 0.4) is 0 Å². The number of aliphatic hydroxyl groups excluding tert-OH is 1. The van der Waals surface area contributed by atoms with Gasteiger partial charge in [0.2, 0.25) is 0 Å². The van der Waals surface area contributed by atoms with Crippen molar-refractivity contribution < 1.29 is 5.11 Å². The summed E-state index contributed by atoms with van der Waals surface area (Å²) in [7, 11) is 0. The molecule has 104 valence electrons. The van der Waals surface area contributed by atoms with Gasteiger partial charge in [-0.2, -0.15) is 0 Å². The SMILES string of the molecule is OC1CNc2ccc(Cl)cc2C(C2(Cl)C=CC=CC2)=N1. The van der Waals surface area contributed by atoms with Gasteiger partial charge in [0.25, 0.3) is 0 Å². The second-order valence-corrected chi connectivity index (χ2v) is 5.99. The third-order valence-electron chi connectivity index (χ3n) is 3.41. The number of β-amino-alcohol motifs (C(OH)–C–C–N with tert-alkyl or cyclic N) is 1. The normalized spacial score (nSPS) is 28.4. The van der Waals surface area contributed by atoms with Crippen molar-refractivity contribution in [3.8, 4) is 0 Å². The first kappa shape index (κ1) is 13.7. The standard InChI is InChI=1S/C15H14Cl2N2O/c16-10-4-5-12-11(8-10)14(19-13(20)9-18-12)15(17)6-2-1-3-7-15/h1-6,8,13,18,20H,7,9H2. The number of fused-ring (bicyclic) bond motifs is 1. The van der Waals surface area contributed by atoms with Crippen molar-refractivity contribution in [3.05, 3.63) is 53.1 Å². The molecule has 1 aromatic rings. The number of benzodiazepines with no additional fused rings is 1. The van der Waals surface area contributed by atoms with E-state index < -0.39 is 11.1 Å². The van der Waals surface area contributed by atoms with E-state index in [1.165, 1.54) is 0 Å². The Morgan fingerprint density at radius 1 is 1.35 bits per heavy atom. The number of hydrogen-bond acceptors (Lipinski definition) is 3. The first-order valence-corrected chi connectivity index (χ1v) is 7.17. The number of benzene rings is 1. The lowest BCUT2D eigenvalue weighted by atomic mass is 9.89. The van der Waals surface area contributed by atoms with Gasteiger partial charge in [0.15, 0.2) is 6.23 Å². The van der Waals surface area contributed by atoms with E-state index >= 15 is 0 Å². The van der Waals surface area contributed by atoms with Crippen molar-refractivity contribution in [3.63, 3.8) is 0 Å². The van der Waals surface area contributed by atoms with Crippen LogP contribution in [0.5, 0.6) is 0 Å². The quantitative estimate of drug-likeness (QED) is 0.781. The van der Waals surface area contributed by atoms with E-state index in [-0.39, 0.29) is 0 Å². The van der Waals surface area contributed by atoms with E-state index in [1.807, 2.05) is 36.4 Å². The highest BCUT2D eigenvalue weighted by Crippen LogP contribution is 2.35. The molecular formula is C15H14Cl2N2O. The fourth-order valence-corrected chi connectivity index (χ4v) is 2.92. The van der Waals surface area contributed by atoms with Crippen LogP contribution >= 0.6 is 23.2 Å². The van der Waals surface area contributed by atoms with E-state index in [4.69, 9.17) is 23.2 Å². The molecule has 1 heterocycles. The molecule has 3 rings (SSSR count). The van der Waals surface area contributed by atoms with Crippen LogP contribution in [-0.4, -0.2) is 28.5 Å². The molecule has 2 aliphatic rings. The lowest BCUT2D eigenvalue weighted by Crippen LogP contribution is -2.32. The lowest BCUT2D eigenvalue weighted by Gasteiger charge is -2.27. The average Bonchev–Trinajstić information content (AvgIpc) is 2.60. The number of nitrogens with one attached hydrogen (secondary N) is 1. The van der Waals surface area contributed by atoms with Crippen molar-refractivity contribution in [1.82, 2.24) is 0 Å². The summed E-state index contributed by atoms with van der Waals surface area (Å²) in [6.45, 7) is 0.352. The number of halogens is 2. The molecule has 0 amide bonds. The largest absolute Gasteiger partial charge is 0.380 e. The maximum atomic E-state index is 9.96. The topological polar surface area (TPSA) is 44.6 Å². The Hall–Kier alpha value is -1.29. The molecule has 0 saturated heterocycles. The van der Waals surface area contributed by atoms with Crippen LogP contribution in [0.15, 0.2) is 47.5 Å². The van der Waals surface area contributed by atoms with Crippen LogP contribution in [-0.2, 0) is 0 Å². The minimum absolute atomic E-state index is 0.352. The Balaban J connectivity index is 2.15. The van der Waals surface area contributed by atoms with Crippen LogP contribution in [0.2, 0.25) is 5.02 Å². The smallest absolute Gasteiger partial charge is 0.162 e. The van der Waals surface area contributed by atoms with E-state index in [2.05, 4.69) is 10.3 Å².